The van der Waals surface area contributed by atoms with E-state index in [9.17, 15) is 10.2 Å². The smallest absolute Gasteiger partial charge is 0.201 e. The molecule has 0 bridgehead atoms. The van der Waals surface area contributed by atoms with E-state index in [4.69, 9.17) is 4.74 Å². The Hall–Kier alpha value is -2.68. The Kier molecular flexibility index (Phi) is 4.67. The monoisotopic (exact) mass is 282 g/mol. The van der Waals surface area contributed by atoms with Gasteiger partial charge in [-0.2, -0.15) is 0 Å². The highest BCUT2D eigenvalue weighted by Gasteiger charge is 2.11. The van der Waals surface area contributed by atoms with Crippen molar-refractivity contribution >= 4 is 0 Å². The number of phenols is 2. The fourth-order valence-corrected chi connectivity index (χ4v) is 2.04. The molecule has 0 aliphatic rings. The Morgan fingerprint density at radius 1 is 0.952 bits per heavy atom. The first kappa shape index (κ1) is 14.7. The molecule has 21 heavy (non-hydrogen) atoms. The van der Waals surface area contributed by atoms with Crippen LogP contribution in [0.15, 0.2) is 61.7 Å². The first-order valence-corrected chi connectivity index (χ1v) is 6.67. The van der Waals surface area contributed by atoms with Crippen LogP contribution in [0.4, 0.5) is 0 Å². The molecule has 0 aliphatic carbocycles. The van der Waals surface area contributed by atoms with Crippen molar-refractivity contribution in [2.75, 3.05) is 0 Å². The van der Waals surface area contributed by atoms with E-state index in [1.54, 1.807) is 18.2 Å². The van der Waals surface area contributed by atoms with Gasteiger partial charge in [0.15, 0.2) is 11.5 Å². The third-order valence-electron chi connectivity index (χ3n) is 3.00. The van der Waals surface area contributed by atoms with Gasteiger partial charge in [-0.1, -0.05) is 24.3 Å². The molecule has 0 saturated heterocycles. The summed E-state index contributed by atoms with van der Waals surface area (Å²) >= 11 is 0. The number of hydrogen-bond acceptors (Lipinski definition) is 3. The van der Waals surface area contributed by atoms with Crippen molar-refractivity contribution in [1.82, 2.24) is 0 Å². The fraction of sp³-hybridized carbons (Fsp3) is 0.111. The van der Waals surface area contributed by atoms with Crippen LogP contribution < -0.4 is 4.74 Å². The summed E-state index contributed by atoms with van der Waals surface area (Å²) in [5.74, 6) is 0.353. The van der Waals surface area contributed by atoms with E-state index < -0.39 is 0 Å². The number of allylic oxidation sites excluding steroid dienone is 2. The Labute approximate surface area is 124 Å². The molecular formula is C18H18O3. The third-order valence-corrected chi connectivity index (χ3v) is 3.00. The molecule has 3 nitrogen and oxygen atoms in total. The molecule has 3 heteroatoms. The normalized spacial score (nSPS) is 10.1. The quantitative estimate of drug-likeness (QED) is 0.612. The molecule has 0 radical (unpaired) electrons. The van der Waals surface area contributed by atoms with Gasteiger partial charge in [-0.15, -0.1) is 13.2 Å². The SMILES string of the molecule is C=CCc1cccc(Oc2cc(CC=C)cc(O)c2O)c1. The number of aromatic hydroxyl groups is 2. The van der Waals surface area contributed by atoms with E-state index in [-0.39, 0.29) is 17.2 Å². The average Bonchev–Trinajstić information content (AvgIpc) is 2.45. The highest BCUT2D eigenvalue weighted by atomic mass is 16.5. The summed E-state index contributed by atoms with van der Waals surface area (Å²) in [5.41, 5.74) is 1.88. The molecule has 0 saturated carbocycles. The van der Waals surface area contributed by atoms with Gasteiger partial charge in [0.2, 0.25) is 5.75 Å². The van der Waals surface area contributed by atoms with Gasteiger partial charge in [-0.25, -0.2) is 0 Å². The molecule has 0 aliphatic heterocycles. The molecule has 0 aromatic heterocycles. The molecule has 0 heterocycles. The Bertz CT molecular complexity index is 660. The molecule has 2 N–H and O–H groups in total. The van der Waals surface area contributed by atoms with Gasteiger partial charge in [0.25, 0.3) is 0 Å². The molecule has 0 spiro atoms. The first-order chi connectivity index (χ1) is 10.1. The maximum Gasteiger partial charge on any atom is 0.201 e. The van der Waals surface area contributed by atoms with Crippen molar-refractivity contribution in [3.63, 3.8) is 0 Å². The second-order valence-corrected chi connectivity index (χ2v) is 4.70. The van der Waals surface area contributed by atoms with Crippen LogP contribution >= 0.6 is 0 Å². The molecule has 2 aromatic rings. The maximum atomic E-state index is 9.91. The zero-order chi connectivity index (χ0) is 15.2. The number of hydrogen-bond donors (Lipinski definition) is 2. The lowest BCUT2D eigenvalue weighted by Gasteiger charge is -2.11. The Balaban J connectivity index is 2.31. The van der Waals surface area contributed by atoms with Crippen LogP contribution in [-0.2, 0) is 12.8 Å². The summed E-state index contributed by atoms with van der Waals surface area (Å²) in [7, 11) is 0. The molecule has 2 aromatic carbocycles. The van der Waals surface area contributed by atoms with E-state index in [1.165, 1.54) is 6.07 Å². The van der Waals surface area contributed by atoms with Gasteiger partial charge in [0.1, 0.15) is 5.75 Å². The summed E-state index contributed by atoms with van der Waals surface area (Å²) in [6.45, 7) is 7.36. The van der Waals surface area contributed by atoms with Crippen molar-refractivity contribution in [3.8, 4) is 23.0 Å². The molecule has 2 rings (SSSR count). The van der Waals surface area contributed by atoms with Crippen molar-refractivity contribution in [1.29, 1.82) is 0 Å². The maximum absolute atomic E-state index is 9.91. The van der Waals surface area contributed by atoms with E-state index in [0.717, 1.165) is 17.5 Å². The van der Waals surface area contributed by atoms with Crippen molar-refractivity contribution in [2.24, 2.45) is 0 Å². The minimum atomic E-state index is -0.267. The second-order valence-electron chi connectivity index (χ2n) is 4.70. The summed E-state index contributed by atoms with van der Waals surface area (Å²) in [4.78, 5) is 0. The molecule has 0 fully saturated rings. The zero-order valence-corrected chi connectivity index (χ0v) is 11.7. The lowest BCUT2D eigenvalue weighted by atomic mass is 10.1. The second kappa shape index (κ2) is 6.66. The van der Waals surface area contributed by atoms with E-state index in [2.05, 4.69) is 13.2 Å². The lowest BCUT2D eigenvalue weighted by Crippen LogP contribution is -1.90. The molecule has 0 amide bonds. The molecule has 0 atom stereocenters. The Morgan fingerprint density at radius 3 is 2.38 bits per heavy atom. The summed E-state index contributed by atoms with van der Waals surface area (Å²) in [6, 6.07) is 10.7. The fourth-order valence-electron chi connectivity index (χ4n) is 2.04. The van der Waals surface area contributed by atoms with Gasteiger partial charge in [-0.05, 0) is 48.2 Å². The van der Waals surface area contributed by atoms with Crippen LogP contribution in [0.5, 0.6) is 23.0 Å². The van der Waals surface area contributed by atoms with Crippen molar-refractivity contribution < 1.29 is 14.9 Å². The van der Waals surface area contributed by atoms with Gasteiger partial charge in [-0.3, -0.25) is 0 Å². The van der Waals surface area contributed by atoms with Crippen LogP contribution in [-0.4, -0.2) is 10.2 Å². The number of ether oxygens (including phenoxy) is 1. The van der Waals surface area contributed by atoms with Crippen LogP contribution in [0.2, 0.25) is 0 Å². The molecule has 108 valence electrons. The van der Waals surface area contributed by atoms with E-state index >= 15 is 0 Å². The van der Waals surface area contributed by atoms with Crippen LogP contribution in [0.1, 0.15) is 11.1 Å². The van der Waals surface area contributed by atoms with Gasteiger partial charge >= 0.3 is 0 Å². The topological polar surface area (TPSA) is 49.7 Å². The highest BCUT2D eigenvalue weighted by molar-refractivity contribution is 5.53. The first-order valence-electron chi connectivity index (χ1n) is 6.67. The predicted octanol–water partition coefficient (Wildman–Crippen LogP) is 4.35. The Morgan fingerprint density at radius 2 is 1.67 bits per heavy atom. The largest absolute Gasteiger partial charge is 0.504 e. The average molecular weight is 282 g/mol. The summed E-state index contributed by atoms with van der Waals surface area (Å²) < 4.78 is 5.69. The van der Waals surface area contributed by atoms with E-state index in [1.807, 2.05) is 24.3 Å². The highest BCUT2D eigenvalue weighted by Crippen LogP contribution is 2.39. The van der Waals surface area contributed by atoms with Crippen molar-refractivity contribution in [3.05, 3.63) is 72.8 Å². The van der Waals surface area contributed by atoms with Gasteiger partial charge < -0.3 is 14.9 Å². The predicted molar refractivity (Wildman–Crippen MR) is 84.1 cm³/mol. The molecular weight excluding hydrogens is 264 g/mol. The van der Waals surface area contributed by atoms with Gasteiger partial charge in [0.05, 0.1) is 0 Å². The molecule has 0 unspecified atom stereocenters. The summed E-state index contributed by atoms with van der Waals surface area (Å²) in [6.07, 6.45) is 4.86. The minimum absolute atomic E-state index is 0.202. The van der Waals surface area contributed by atoms with Crippen LogP contribution in [0.3, 0.4) is 0 Å². The zero-order valence-electron chi connectivity index (χ0n) is 11.7. The number of benzene rings is 2. The third kappa shape index (κ3) is 3.66. The van der Waals surface area contributed by atoms with E-state index in [0.29, 0.717) is 12.2 Å². The van der Waals surface area contributed by atoms with Crippen LogP contribution in [0.25, 0.3) is 0 Å². The standard InChI is InChI=1S/C18H18O3/c1-3-6-13-8-5-9-15(10-13)21-17-12-14(7-4-2)11-16(19)18(17)20/h3-5,8-12,19-20H,1-2,6-7H2. The lowest BCUT2D eigenvalue weighted by molar-refractivity contribution is 0.372. The van der Waals surface area contributed by atoms with Gasteiger partial charge in [0, 0.05) is 0 Å². The van der Waals surface area contributed by atoms with Crippen LogP contribution in [0, 0.1) is 0 Å². The number of phenolic OH excluding ortho intramolecular Hbond substituents is 2. The summed E-state index contributed by atoms with van der Waals surface area (Å²) in [5, 5.41) is 19.7. The minimum Gasteiger partial charge on any atom is -0.504 e. The van der Waals surface area contributed by atoms with Crippen molar-refractivity contribution in [2.45, 2.75) is 12.8 Å². The number of rotatable bonds is 6.